The van der Waals surface area contributed by atoms with Gasteiger partial charge in [0.2, 0.25) is 0 Å². The summed E-state index contributed by atoms with van der Waals surface area (Å²) in [5.74, 6) is -0.132. The highest BCUT2D eigenvalue weighted by atomic mass is 79.9. The molecule has 0 aliphatic heterocycles. The Morgan fingerprint density at radius 2 is 1.86 bits per heavy atom. The van der Waals surface area contributed by atoms with Gasteiger partial charge in [0.1, 0.15) is 23.7 Å². The van der Waals surface area contributed by atoms with Crippen molar-refractivity contribution in [2.75, 3.05) is 7.11 Å². The molecule has 1 aromatic carbocycles. The van der Waals surface area contributed by atoms with E-state index in [0.29, 0.717) is 22.6 Å². The van der Waals surface area contributed by atoms with Gasteiger partial charge in [-0.05, 0) is 37.3 Å². The van der Waals surface area contributed by atoms with E-state index in [9.17, 15) is 9.59 Å². The number of halogens is 1. The van der Waals surface area contributed by atoms with Gasteiger partial charge in [-0.15, -0.1) is 0 Å². The van der Waals surface area contributed by atoms with E-state index in [1.807, 2.05) is 0 Å². The lowest BCUT2D eigenvalue weighted by atomic mass is 10.2. The van der Waals surface area contributed by atoms with Crippen molar-refractivity contribution in [3.63, 3.8) is 0 Å². The zero-order chi connectivity index (χ0) is 15.4. The predicted molar refractivity (Wildman–Crippen MR) is 78.0 cm³/mol. The highest BCUT2D eigenvalue weighted by Gasteiger charge is 2.16. The molecular formula is C15H13BrO5. The maximum atomic E-state index is 11.8. The standard InChI is InChI=1S/C15H13BrO5/c1-9-13(15(18)19-2)7-12(21-9)8-20-14(17)10-3-5-11(16)6-4-10/h3-7H,8H2,1-2H3. The topological polar surface area (TPSA) is 65.7 Å². The zero-order valence-corrected chi connectivity index (χ0v) is 13.1. The molecule has 0 radical (unpaired) electrons. The minimum absolute atomic E-state index is 0.0489. The Morgan fingerprint density at radius 3 is 2.48 bits per heavy atom. The molecule has 5 nitrogen and oxygen atoms in total. The van der Waals surface area contributed by atoms with E-state index in [1.54, 1.807) is 31.2 Å². The predicted octanol–water partition coefficient (Wildman–Crippen LogP) is 3.49. The summed E-state index contributed by atoms with van der Waals surface area (Å²) in [6.45, 7) is 1.60. The fraction of sp³-hybridized carbons (Fsp3) is 0.200. The van der Waals surface area contributed by atoms with Crippen LogP contribution in [0.1, 0.15) is 32.2 Å². The first-order valence-electron chi connectivity index (χ1n) is 6.11. The van der Waals surface area contributed by atoms with Gasteiger partial charge in [-0.1, -0.05) is 15.9 Å². The van der Waals surface area contributed by atoms with Gasteiger partial charge in [-0.3, -0.25) is 0 Å². The second-order valence-corrected chi connectivity index (χ2v) is 5.17. The SMILES string of the molecule is COC(=O)c1cc(COC(=O)c2ccc(Br)cc2)oc1C. The van der Waals surface area contributed by atoms with E-state index in [0.717, 1.165) is 4.47 Å². The van der Waals surface area contributed by atoms with Crippen LogP contribution >= 0.6 is 15.9 Å². The largest absolute Gasteiger partial charge is 0.465 e. The van der Waals surface area contributed by atoms with E-state index < -0.39 is 11.9 Å². The molecule has 0 bridgehead atoms. The first-order chi connectivity index (χ1) is 10.0. The first-order valence-corrected chi connectivity index (χ1v) is 6.91. The van der Waals surface area contributed by atoms with Gasteiger partial charge >= 0.3 is 11.9 Å². The molecule has 110 valence electrons. The van der Waals surface area contributed by atoms with Gasteiger partial charge in [-0.25, -0.2) is 9.59 Å². The molecule has 2 aromatic rings. The average Bonchev–Trinajstić information content (AvgIpc) is 2.86. The normalized spacial score (nSPS) is 10.2. The number of esters is 2. The van der Waals surface area contributed by atoms with Crippen molar-refractivity contribution in [3.8, 4) is 0 Å². The van der Waals surface area contributed by atoms with Crippen LogP contribution in [0.3, 0.4) is 0 Å². The van der Waals surface area contributed by atoms with Crippen molar-refractivity contribution < 1.29 is 23.5 Å². The summed E-state index contributed by atoms with van der Waals surface area (Å²) in [7, 11) is 1.29. The Labute approximate surface area is 130 Å². The third-order valence-corrected chi connectivity index (χ3v) is 3.33. The van der Waals surface area contributed by atoms with Crippen molar-refractivity contribution >= 4 is 27.9 Å². The summed E-state index contributed by atoms with van der Waals surface area (Å²) in [4.78, 5) is 23.3. The van der Waals surface area contributed by atoms with Crippen LogP contribution in [0.25, 0.3) is 0 Å². The third kappa shape index (κ3) is 3.72. The molecule has 0 aliphatic carbocycles. The zero-order valence-electron chi connectivity index (χ0n) is 11.5. The Hall–Kier alpha value is -2.08. The molecule has 6 heteroatoms. The molecule has 0 fully saturated rings. The van der Waals surface area contributed by atoms with Crippen LogP contribution in [0.5, 0.6) is 0 Å². The Bertz CT molecular complexity index is 657. The summed E-state index contributed by atoms with van der Waals surface area (Å²) in [6.07, 6.45) is 0. The maximum absolute atomic E-state index is 11.8. The maximum Gasteiger partial charge on any atom is 0.341 e. The Balaban J connectivity index is 2.01. The van der Waals surface area contributed by atoms with Gasteiger partial charge in [0.15, 0.2) is 0 Å². The van der Waals surface area contributed by atoms with Crippen molar-refractivity contribution in [2.24, 2.45) is 0 Å². The quantitative estimate of drug-likeness (QED) is 0.788. The number of hydrogen-bond acceptors (Lipinski definition) is 5. The van der Waals surface area contributed by atoms with Gasteiger partial charge < -0.3 is 13.9 Å². The molecule has 21 heavy (non-hydrogen) atoms. The third-order valence-electron chi connectivity index (χ3n) is 2.80. The van der Waals surface area contributed by atoms with Crippen LogP contribution in [0, 0.1) is 6.92 Å². The average molecular weight is 353 g/mol. The van der Waals surface area contributed by atoms with Crippen LogP contribution in [-0.2, 0) is 16.1 Å². The summed E-state index contributed by atoms with van der Waals surface area (Å²) in [5, 5.41) is 0. The highest BCUT2D eigenvalue weighted by Crippen LogP contribution is 2.17. The minimum Gasteiger partial charge on any atom is -0.465 e. The van der Waals surface area contributed by atoms with Crippen molar-refractivity contribution in [1.82, 2.24) is 0 Å². The highest BCUT2D eigenvalue weighted by molar-refractivity contribution is 9.10. The lowest BCUT2D eigenvalue weighted by Gasteiger charge is -2.02. The number of ether oxygens (including phenoxy) is 2. The number of carbonyl (C=O) groups is 2. The molecule has 0 amide bonds. The lowest BCUT2D eigenvalue weighted by molar-refractivity contribution is 0.0444. The Kier molecular flexibility index (Phi) is 4.80. The van der Waals surface area contributed by atoms with Crippen LogP contribution in [0.4, 0.5) is 0 Å². The second-order valence-electron chi connectivity index (χ2n) is 4.26. The molecule has 1 heterocycles. The second kappa shape index (κ2) is 6.58. The molecule has 0 unspecified atom stereocenters. The van der Waals surface area contributed by atoms with Crippen molar-refractivity contribution in [3.05, 3.63) is 57.5 Å². The van der Waals surface area contributed by atoms with Gasteiger partial charge in [0.05, 0.1) is 12.7 Å². The summed E-state index contributed by atoms with van der Waals surface area (Å²) >= 11 is 3.29. The van der Waals surface area contributed by atoms with Crippen LogP contribution in [0.15, 0.2) is 39.2 Å². The molecule has 0 N–H and O–H groups in total. The van der Waals surface area contributed by atoms with Gasteiger partial charge in [0, 0.05) is 4.47 Å². The fourth-order valence-corrected chi connectivity index (χ4v) is 2.00. The van der Waals surface area contributed by atoms with Gasteiger partial charge in [-0.2, -0.15) is 0 Å². The number of rotatable bonds is 4. The van der Waals surface area contributed by atoms with Crippen molar-refractivity contribution in [1.29, 1.82) is 0 Å². The van der Waals surface area contributed by atoms with E-state index in [-0.39, 0.29) is 6.61 Å². The van der Waals surface area contributed by atoms with E-state index in [4.69, 9.17) is 9.15 Å². The molecule has 2 rings (SSSR count). The van der Waals surface area contributed by atoms with Crippen molar-refractivity contribution in [2.45, 2.75) is 13.5 Å². The summed E-state index contributed by atoms with van der Waals surface area (Å²) in [6, 6.07) is 8.32. The molecule has 0 aliphatic rings. The fourth-order valence-electron chi connectivity index (χ4n) is 1.73. The van der Waals surface area contributed by atoms with Crippen LogP contribution in [0.2, 0.25) is 0 Å². The number of benzene rings is 1. The van der Waals surface area contributed by atoms with E-state index >= 15 is 0 Å². The van der Waals surface area contributed by atoms with Crippen LogP contribution in [-0.4, -0.2) is 19.0 Å². The first kappa shape index (κ1) is 15.3. The monoisotopic (exact) mass is 352 g/mol. The number of furan rings is 1. The Morgan fingerprint density at radius 1 is 1.19 bits per heavy atom. The van der Waals surface area contributed by atoms with Crippen LogP contribution < -0.4 is 0 Å². The number of carbonyl (C=O) groups excluding carboxylic acids is 2. The van der Waals surface area contributed by atoms with E-state index in [1.165, 1.54) is 13.2 Å². The summed E-state index contributed by atoms with van der Waals surface area (Å²) in [5.41, 5.74) is 0.766. The lowest BCUT2D eigenvalue weighted by Crippen LogP contribution is -2.04. The van der Waals surface area contributed by atoms with E-state index in [2.05, 4.69) is 20.7 Å². The summed E-state index contributed by atoms with van der Waals surface area (Å²) < 4.78 is 16.0. The molecule has 0 spiro atoms. The number of aryl methyl sites for hydroxylation is 1. The number of methoxy groups -OCH3 is 1. The molecule has 0 atom stereocenters. The molecular weight excluding hydrogens is 340 g/mol. The smallest absolute Gasteiger partial charge is 0.341 e. The molecule has 0 saturated carbocycles. The number of hydrogen-bond donors (Lipinski definition) is 0. The molecule has 1 aromatic heterocycles. The molecule has 0 saturated heterocycles. The van der Waals surface area contributed by atoms with Gasteiger partial charge in [0.25, 0.3) is 0 Å². The minimum atomic E-state index is -0.485.